The van der Waals surface area contributed by atoms with Crippen LogP contribution >= 0.6 is 0 Å². The molecule has 22 heavy (non-hydrogen) atoms. The molecule has 0 N–H and O–H groups in total. The summed E-state index contributed by atoms with van der Waals surface area (Å²) in [5.74, 6) is 1.74. The van der Waals surface area contributed by atoms with Gasteiger partial charge in [-0.25, -0.2) is 4.98 Å². The highest BCUT2D eigenvalue weighted by molar-refractivity contribution is 5.55. The van der Waals surface area contributed by atoms with Gasteiger partial charge in [0.2, 0.25) is 11.8 Å². The Morgan fingerprint density at radius 3 is 2.73 bits per heavy atom. The summed E-state index contributed by atoms with van der Waals surface area (Å²) in [6.07, 6.45) is 4.40. The van der Waals surface area contributed by atoms with Crippen LogP contribution in [0, 0.1) is 10.1 Å². The van der Waals surface area contributed by atoms with E-state index in [4.69, 9.17) is 4.42 Å². The van der Waals surface area contributed by atoms with Crippen LogP contribution in [0.5, 0.6) is 0 Å². The number of non-ortho nitro benzene ring substituents is 1. The maximum Gasteiger partial charge on any atom is 0.269 e. The van der Waals surface area contributed by atoms with Crippen molar-refractivity contribution < 1.29 is 9.34 Å². The van der Waals surface area contributed by atoms with Gasteiger partial charge in [-0.1, -0.05) is 6.92 Å². The Kier molecular flexibility index (Phi) is 3.65. The number of nitro benzene ring substituents is 1. The van der Waals surface area contributed by atoms with E-state index < -0.39 is 4.92 Å². The second-order valence-corrected chi connectivity index (χ2v) is 4.63. The van der Waals surface area contributed by atoms with Crippen molar-refractivity contribution in [3.05, 3.63) is 58.5 Å². The fraction of sp³-hybridized carbons (Fsp3) is 0.214. The first-order chi connectivity index (χ1) is 10.7. The fourth-order valence-corrected chi connectivity index (χ4v) is 2.10. The summed E-state index contributed by atoms with van der Waals surface area (Å²) in [4.78, 5) is 14.4. The highest BCUT2D eigenvalue weighted by Crippen LogP contribution is 2.21. The van der Waals surface area contributed by atoms with E-state index in [9.17, 15) is 10.1 Å². The normalized spacial score (nSPS) is 10.8. The first kappa shape index (κ1) is 13.9. The third-order valence-corrected chi connectivity index (χ3v) is 3.22. The smallest absolute Gasteiger partial charge is 0.269 e. The number of imidazole rings is 1. The molecular formula is C14H13N5O3. The van der Waals surface area contributed by atoms with Crippen molar-refractivity contribution in [2.45, 2.75) is 19.9 Å². The van der Waals surface area contributed by atoms with Gasteiger partial charge in [-0.05, 0) is 12.1 Å². The molecule has 0 atom stereocenters. The van der Waals surface area contributed by atoms with Crippen LogP contribution in [0.4, 0.5) is 5.69 Å². The number of benzene rings is 1. The third kappa shape index (κ3) is 2.71. The molecule has 1 aromatic carbocycles. The van der Waals surface area contributed by atoms with Gasteiger partial charge in [-0.2, -0.15) is 0 Å². The van der Waals surface area contributed by atoms with Gasteiger partial charge in [0, 0.05) is 36.5 Å². The zero-order valence-corrected chi connectivity index (χ0v) is 11.8. The van der Waals surface area contributed by atoms with Gasteiger partial charge in [0.25, 0.3) is 5.69 Å². The number of hydrogen-bond acceptors (Lipinski definition) is 6. The van der Waals surface area contributed by atoms with E-state index >= 15 is 0 Å². The van der Waals surface area contributed by atoms with E-state index in [0.717, 1.165) is 12.2 Å². The van der Waals surface area contributed by atoms with Crippen molar-refractivity contribution in [1.29, 1.82) is 0 Å². The number of nitrogens with zero attached hydrogens (tertiary/aromatic N) is 5. The first-order valence-electron chi connectivity index (χ1n) is 6.74. The van der Waals surface area contributed by atoms with Crippen LogP contribution in [-0.2, 0) is 13.0 Å². The summed E-state index contributed by atoms with van der Waals surface area (Å²) >= 11 is 0. The van der Waals surface area contributed by atoms with Crippen LogP contribution < -0.4 is 0 Å². The predicted molar refractivity (Wildman–Crippen MR) is 77.1 cm³/mol. The van der Waals surface area contributed by atoms with Crippen molar-refractivity contribution in [2.75, 3.05) is 0 Å². The molecule has 0 fully saturated rings. The molecule has 0 bridgehead atoms. The molecule has 0 radical (unpaired) electrons. The Balaban J connectivity index is 1.80. The van der Waals surface area contributed by atoms with Crippen molar-refractivity contribution >= 4 is 5.69 Å². The number of hydrogen-bond donors (Lipinski definition) is 0. The minimum absolute atomic E-state index is 0.0227. The first-order valence-corrected chi connectivity index (χ1v) is 6.74. The summed E-state index contributed by atoms with van der Waals surface area (Å²) < 4.78 is 7.54. The van der Waals surface area contributed by atoms with Crippen LogP contribution in [0.15, 0.2) is 41.1 Å². The van der Waals surface area contributed by atoms with Crippen LogP contribution in [0.1, 0.15) is 18.6 Å². The average molecular weight is 299 g/mol. The Labute approximate surface area is 125 Å². The third-order valence-electron chi connectivity index (χ3n) is 3.22. The second kappa shape index (κ2) is 5.76. The maximum absolute atomic E-state index is 10.6. The average Bonchev–Trinajstić information content (AvgIpc) is 3.17. The minimum atomic E-state index is -0.450. The van der Waals surface area contributed by atoms with Crippen LogP contribution in [0.25, 0.3) is 11.5 Å². The molecule has 0 amide bonds. The standard InChI is InChI=1S/C14H13N5O3/c1-2-12-15-7-8-18(12)9-13-16-17-14(22-13)10-3-5-11(6-4-10)19(20)21/h3-8H,2,9H2,1H3. The van der Waals surface area contributed by atoms with Gasteiger partial charge in [-0.15, -0.1) is 10.2 Å². The minimum Gasteiger partial charge on any atom is -0.419 e. The number of nitro groups is 1. The number of rotatable bonds is 5. The van der Waals surface area contributed by atoms with E-state index in [1.165, 1.54) is 12.1 Å². The summed E-state index contributed by atoms with van der Waals surface area (Å²) in [7, 11) is 0. The van der Waals surface area contributed by atoms with Crippen molar-refractivity contribution in [1.82, 2.24) is 19.7 Å². The maximum atomic E-state index is 10.6. The highest BCUT2D eigenvalue weighted by Gasteiger charge is 2.12. The summed E-state index contributed by atoms with van der Waals surface area (Å²) in [5, 5.41) is 18.6. The molecule has 0 saturated heterocycles. The predicted octanol–water partition coefficient (Wildman–Crippen LogP) is 2.45. The Morgan fingerprint density at radius 1 is 1.27 bits per heavy atom. The zero-order valence-electron chi connectivity index (χ0n) is 11.8. The second-order valence-electron chi connectivity index (χ2n) is 4.63. The van der Waals surface area contributed by atoms with Gasteiger partial charge < -0.3 is 8.98 Å². The van der Waals surface area contributed by atoms with Gasteiger partial charge in [0.05, 0.1) is 4.92 Å². The van der Waals surface area contributed by atoms with E-state index in [0.29, 0.717) is 23.9 Å². The molecule has 0 aliphatic heterocycles. The fourth-order valence-electron chi connectivity index (χ4n) is 2.10. The molecular weight excluding hydrogens is 286 g/mol. The van der Waals surface area contributed by atoms with Crippen molar-refractivity contribution in [3.8, 4) is 11.5 Å². The molecule has 2 heterocycles. The van der Waals surface area contributed by atoms with Crippen LogP contribution in [0.2, 0.25) is 0 Å². The monoisotopic (exact) mass is 299 g/mol. The molecule has 0 spiro atoms. The molecule has 0 aliphatic carbocycles. The van der Waals surface area contributed by atoms with E-state index in [-0.39, 0.29) is 5.69 Å². The Bertz CT molecular complexity index is 791. The number of aromatic nitrogens is 4. The summed E-state index contributed by atoms with van der Waals surface area (Å²) in [6.45, 7) is 2.47. The quantitative estimate of drug-likeness (QED) is 0.530. The molecule has 0 saturated carbocycles. The SMILES string of the molecule is CCc1nccn1Cc1nnc(-c2ccc([N+](=O)[O-])cc2)o1. The molecule has 0 unspecified atom stereocenters. The topological polar surface area (TPSA) is 99.9 Å². The number of aryl methyl sites for hydroxylation is 1. The molecule has 2 aromatic heterocycles. The molecule has 8 heteroatoms. The van der Waals surface area contributed by atoms with E-state index in [1.54, 1.807) is 18.3 Å². The largest absolute Gasteiger partial charge is 0.419 e. The van der Waals surface area contributed by atoms with Gasteiger partial charge in [0.1, 0.15) is 12.4 Å². The van der Waals surface area contributed by atoms with Crippen LogP contribution in [0.3, 0.4) is 0 Å². The van der Waals surface area contributed by atoms with E-state index in [1.807, 2.05) is 17.7 Å². The van der Waals surface area contributed by atoms with Crippen molar-refractivity contribution in [3.63, 3.8) is 0 Å². The molecule has 8 nitrogen and oxygen atoms in total. The highest BCUT2D eigenvalue weighted by atomic mass is 16.6. The van der Waals surface area contributed by atoms with E-state index in [2.05, 4.69) is 15.2 Å². The molecule has 3 aromatic rings. The lowest BCUT2D eigenvalue weighted by atomic mass is 10.2. The lowest BCUT2D eigenvalue weighted by molar-refractivity contribution is -0.384. The summed E-state index contributed by atoms with van der Waals surface area (Å²) in [6, 6.07) is 5.99. The molecule has 112 valence electrons. The van der Waals surface area contributed by atoms with Gasteiger partial charge >= 0.3 is 0 Å². The van der Waals surface area contributed by atoms with Gasteiger partial charge in [-0.3, -0.25) is 10.1 Å². The Morgan fingerprint density at radius 2 is 2.05 bits per heavy atom. The lowest BCUT2D eigenvalue weighted by Gasteiger charge is -2.01. The van der Waals surface area contributed by atoms with Crippen LogP contribution in [-0.4, -0.2) is 24.7 Å². The lowest BCUT2D eigenvalue weighted by Crippen LogP contribution is -2.03. The zero-order chi connectivity index (χ0) is 15.5. The molecule has 3 rings (SSSR count). The summed E-state index contributed by atoms with van der Waals surface area (Å²) in [5.41, 5.74) is 0.667. The van der Waals surface area contributed by atoms with Crippen molar-refractivity contribution in [2.24, 2.45) is 0 Å². The molecule has 0 aliphatic rings. The van der Waals surface area contributed by atoms with Gasteiger partial charge in [0.15, 0.2) is 0 Å². The Hall–Kier alpha value is -3.03.